The van der Waals surface area contributed by atoms with Crippen LogP contribution in [0.5, 0.6) is 11.5 Å². The van der Waals surface area contributed by atoms with Gasteiger partial charge in [0.2, 0.25) is 0 Å². The molecule has 6 heteroatoms. The van der Waals surface area contributed by atoms with Gasteiger partial charge in [-0.1, -0.05) is 17.7 Å². The number of halogens is 1. The number of benzene rings is 2. The Morgan fingerprint density at radius 1 is 1.25 bits per heavy atom. The molecule has 0 unspecified atom stereocenters. The molecule has 2 aromatic carbocycles. The molecule has 2 rings (SSSR count). The van der Waals surface area contributed by atoms with Gasteiger partial charge in [0.1, 0.15) is 11.5 Å². The van der Waals surface area contributed by atoms with Crippen LogP contribution in [0.2, 0.25) is 5.02 Å². The van der Waals surface area contributed by atoms with E-state index in [9.17, 15) is 4.79 Å². The van der Waals surface area contributed by atoms with Crippen LogP contribution in [0, 0.1) is 6.92 Å². The molecule has 0 heterocycles. The van der Waals surface area contributed by atoms with E-state index in [0.29, 0.717) is 34.3 Å². The maximum absolute atomic E-state index is 12.2. The lowest BCUT2D eigenvalue weighted by Gasteiger charge is -2.08. The molecule has 24 heavy (non-hydrogen) atoms. The van der Waals surface area contributed by atoms with Crippen LogP contribution in [-0.2, 0) is 0 Å². The number of ether oxygens (including phenoxy) is 2. The largest absolute Gasteiger partial charge is 0.496 e. The Hall–Kier alpha value is -2.53. The number of carbonyl (C=O) groups excluding carboxylic acids is 1. The highest BCUT2D eigenvalue weighted by molar-refractivity contribution is 6.30. The van der Waals surface area contributed by atoms with Crippen molar-refractivity contribution in [3.63, 3.8) is 0 Å². The normalized spacial score (nSPS) is 10.7. The van der Waals surface area contributed by atoms with E-state index in [0.717, 1.165) is 5.56 Å². The van der Waals surface area contributed by atoms with E-state index in [1.54, 1.807) is 30.3 Å². The molecule has 0 atom stereocenters. The zero-order valence-corrected chi connectivity index (χ0v) is 14.6. The van der Waals surface area contributed by atoms with Crippen molar-refractivity contribution in [1.29, 1.82) is 0 Å². The van der Waals surface area contributed by atoms with E-state index in [1.165, 1.54) is 13.3 Å². The van der Waals surface area contributed by atoms with Crippen LogP contribution in [0.15, 0.2) is 41.5 Å². The second kappa shape index (κ2) is 8.36. The molecule has 5 nitrogen and oxygen atoms in total. The fourth-order valence-electron chi connectivity index (χ4n) is 2.11. The number of carbonyl (C=O) groups is 1. The van der Waals surface area contributed by atoms with Crippen LogP contribution in [0.4, 0.5) is 0 Å². The first-order valence-electron chi connectivity index (χ1n) is 7.45. The molecule has 0 bridgehead atoms. The van der Waals surface area contributed by atoms with Gasteiger partial charge in [-0.2, -0.15) is 5.10 Å². The molecule has 2 aromatic rings. The zero-order chi connectivity index (χ0) is 17.5. The molecule has 0 fully saturated rings. The van der Waals surface area contributed by atoms with Gasteiger partial charge in [0.25, 0.3) is 5.91 Å². The Bertz CT molecular complexity index is 760. The summed E-state index contributed by atoms with van der Waals surface area (Å²) in [7, 11) is 1.52. The molecule has 1 N–H and O–H groups in total. The fourth-order valence-corrected chi connectivity index (χ4v) is 2.29. The highest BCUT2D eigenvalue weighted by atomic mass is 35.5. The summed E-state index contributed by atoms with van der Waals surface area (Å²) in [5.41, 5.74) is 4.58. The lowest BCUT2D eigenvalue weighted by Crippen LogP contribution is -2.18. The van der Waals surface area contributed by atoms with Crippen molar-refractivity contribution in [3.05, 3.63) is 58.1 Å². The molecular formula is C18H19ClN2O3. The number of methoxy groups -OCH3 is 1. The van der Waals surface area contributed by atoms with Crippen molar-refractivity contribution in [3.8, 4) is 11.5 Å². The van der Waals surface area contributed by atoms with Gasteiger partial charge in [-0.15, -0.1) is 0 Å². The third-order valence-electron chi connectivity index (χ3n) is 3.24. The van der Waals surface area contributed by atoms with Gasteiger partial charge >= 0.3 is 0 Å². The van der Waals surface area contributed by atoms with Crippen LogP contribution in [0.3, 0.4) is 0 Å². The van der Waals surface area contributed by atoms with Gasteiger partial charge in [-0.3, -0.25) is 4.79 Å². The van der Waals surface area contributed by atoms with E-state index in [-0.39, 0.29) is 5.91 Å². The van der Waals surface area contributed by atoms with Gasteiger partial charge in [0.15, 0.2) is 0 Å². The van der Waals surface area contributed by atoms with Crippen molar-refractivity contribution < 1.29 is 14.3 Å². The predicted molar refractivity (Wildman–Crippen MR) is 95.4 cm³/mol. The average Bonchev–Trinajstić information content (AvgIpc) is 2.57. The average molecular weight is 347 g/mol. The van der Waals surface area contributed by atoms with Crippen molar-refractivity contribution >= 4 is 23.7 Å². The van der Waals surface area contributed by atoms with E-state index in [1.807, 2.05) is 19.9 Å². The van der Waals surface area contributed by atoms with Crippen LogP contribution in [0.25, 0.3) is 0 Å². The molecule has 0 aromatic heterocycles. The van der Waals surface area contributed by atoms with E-state index < -0.39 is 0 Å². The number of amides is 1. The minimum absolute atomic E-state index is 0.358. The molecule has 126 valence electrons. The summed E-state index contributed by atoms with van der Waals surface area (Å²) in [5, 5.41) is 4.54. The molecule has 0 aliphatic rings. The van der Waals surface area contributed by atoms with E-state index in [4.69, 9.17) is 21.1 Å². The van der Waals surface area contributed by atoms with Gasteiger partial charge < -0.3 is 9.47 Å². The quantitative estimate of drug-likeness (QED) is 0.639. The zero-order valence-electron chi connectivity index (χ0n) is 13.8. The van der Waals surface area contributed by atoms with Gasteiger partial charge in [0.05, 0.1) is 25.5 Å². The standard InChI is InChI=1S/C18H19ClN2O3/c1-4-24-16-8-6-14(19)10-13(16)11-20-21-18(22)15-7-5-12(2)9-17(15)23-3/h5-11H,4H2,1-3H3,(H,21,22)/b20-11-. The van der Waals surface area contributed by atoms with Crippen LogP contribution >= 0.6 is 11.6 Å². The minimum Gasteiger partial charge on any atom is -0.496 e. The summed E-state index contributed by atoms with van der Waals surface area (Å²) in [5.74, 6) is 0.788. The Morgan fingerprint density at radius 3 is 2.75 bits per heavy atom. The second-order valence-corrected chi connectivity index (χ2v) is 5.45. The molecule has 0 radical (unpaired) electrons. The van der Waals surface area contributed by atoms with Crippen LogP contribution < -0.4 is 14.9 Å². The predicted octanol–water partition coefficient (Wildman–Crippen LogP) is 3.82. The molecule has 0 aliphatic carbocycles. The lowest BCUT2D eigenvalue weighted by molar-refractivity contribution is 0.0952. The maximum atomic E-state index is 12.2. The third kappa shape index (κ3) is 4.49. The summed E-state index contributed by atoms with van der Waals surface area (Å²) < 4.78 is 10.7. The van der Waals surface area contributed by atoms with Crippen LogP contribution in [-0.4, -0.2) is 25.8 Å². The highest BCUT2D eigenvalue weighted by Gasteiger charge is 2.11. The molecule has 1 amide bonds. The number of hydrogen-bond acceptors (Lipinski definition) is 4. The smallest absolute Gasteiger partial charge is 0.275 e. The van der Waals surface area contributed by atoms with Crippen molar-refractivity contribution in [2.75, 3.05) is 13.7 Å². The Morgan fingerprint density at radius 2 is 2.04 bits per heavy atom. The first-order valence-corrected chi connectivity index (χ1v) is 7.83. The van der Waals surface area contributed by atoms with E-state index >= 15 is 0 Å². The monoisotopic (exact) mass is 346 g/mol. The Labute approximate surface area is 146 Å². The Kier molecular flexibility index (Phi) is 6.21. The van der Waals surface area contributed by atoms with Crippen molar-refractivity contribution in [2.24, 2.45) is 5.10 Å². The summed E-state index contributed by atoms with van der Waals surface area (Å²) in [6, 6.07) is 10.5. The number of nitrogens with zero attached hydrogens (tertiary/aromatic N) is 1. The number of nitrogens with one attached hydrogen (secondary N) is 1. The molecule has 0 spiro atoms. The summed E-state index contributed by atoms with van der Waals surface area (Å²) in [4.78, 5) is 12.2. The summed E-state index contributed by atoms with van der Waals surface area (Å²) in [6.07, 6.45) is 1.50. The number of rotatable bonds is 6. The summed E-state index contributed by atoms with van der Waals surface area (Å²) >= 11 is 5.99. The van der Waals surface area contributed by atoms with Crippen molar-refractivity contribution in [2.45, 2.75) is 13.8 Å². The first kappa shape index (κ1) is 17.8. The molecule has 0 saturated carbocycles. The van der Waals surface area contributed by atoms with Gasteiger partial charge in [-0.25, -0.2) is 5.43 Å². The second-order valence-electron chi connectivity index (χ2n) is 5.02. The maximum Gasteiger partial charge on any atom is 0.275 e. The number of aryl methyl sites for hydroxylation is 1. The number of hydrazone groups is 1. The SMILES string of the molecule is CCOc1ccc(Cl)cc1/C=N\NC(=O)c1ccc(C)cc1OC. The topological polar surface area (TPSA) is 59.9 Å². The molecule has 0 saturated heterocycles. The van der Waals surface area contributed by atoms with Crippen LogP contribution in [0.1, 0.15) is 28.4 Å². The number of hydrogen-bond donors (Lipinski definition) is 1. The van der Waals surface area contributed by atoms with E-state index in [2.05, 4.69) is 10.5 Å². The minimum atomic E-state index is -0.358. The Balaban J connectivity index is 2.14. The molecular weight excluding hydrogens is 328 g/mol. The third-order valence-corrected chi connectivity index (χ3v) is 3.48. The van der Waals surface area contributed by atoms with Gasteiger partial charge in [0, 0.05) is 10.6 Å². The molecule has 0 aliphatic heterocycles. The fraction of sp³-hybridized carbons (Fsp3) is 0.222. The van der Waals surface area contributed by atoms with Gasteiger partial charge in [-0.05, 0) is 49.7 Å². The highest BCUT2D eigenvalue weighted by Crippen LogP contribution is 2.22. The van der Waals surface area contributed by atoms with Crippen molar-refractivity contribution in [1.82, 2.24) is 5.43 Å². The summed E-state index contributed by atoms with van der Waals surface area (Å²) in [6.45, 7) is 4.34. The first-order chi connectivity index (χ1) is 11.5. The lowest BCUT2D eigenvalue weighted by atomic mass is 10.1.